The van der Waals surface area contributed by atoms with E-state index in [4.69, 9.17) is 16.3 Å². The molecule has 196 valence electrons. The van der Waals surface area contributed by atoms with Crippen LogP contribution in [-0.2, 0) is 19.7 Å². The average Bonchev–Trinajstić information content (AvgIpc) is 3.07. The van der Waals surface area contributed by atoms with E-state index in [1.54, 1.807) is 6.07 Å². The van der Waals surface area contributed by atoms with Gasteiger partial charge in [0.15, 0.2) is 0 Å². The Morgan fingerprint density at radius 3 is 2.53 bits per heavy atom. The molecule has 3 atom stereocenters. The fourth-order valence-corrected chi connectivity index (χ4v) is 5.20. The molecule has 1 saturated carbocycles. The molecule has 1 aromatic carbocycles. The predicted molar refractivity (Wildman–Crippen MR) is 137 cm³/mol. The number of amides is 3. The lowest BCUT2D eigenvalue weighted by atomic mass is 9.86. The van der Waals surface area contributed by atoms with Crippen LogP contribution in [0.15, 0.2) is 24.3 Å². The summed E-state index contributed by atoms with van der Waals surface area (Å²) in [5.74, 6) is -0.834. The second kappa shape index (κ2) is 13.0. The SMILES string of the molecule is CC(C)(COC(=O)N[C@H](C(=O)N[C@H](C#N)CC1CCNC1=O)C1CCCCCC1)c1cccc(Cl)c1. The molecule has 0 bridgehead atoms. The van der Waals surface area contributed by atoms with Crippen molar-refractivity contribution < 1.29 is 19.1 Å². The second-order valence-electron chi connectivity index (χ2n) is 10.5. The van der Waals surface area contributed by atoms with Crippen LogP contribution in [0.3, 0.4) is 0 Å². The minimum Gasteiger partial charge on any atom is -0.449 e. The zero-order valence-corrected chi connectivity index (χ0v) is 21.9. The van der Waals surface area contributed by atoms with Crippen LogP contribution in [0.1, 0.15) is 70.8 Å². The van der Waals surface area contributed by atoms with Gasteiger partial charge in [-0.2, -0.15) is 5.26 Å². The summed E-state index contributed by atoms with van der Waals surface area (Å²) in [6.45, 7) is 4.60. The van der Waals surface area contributed by atoms with E-state index < -0.39 is 29.5 Å². The number of nitriles is 1. The maximum absolute atomic E-state index is 13.3. The first kappa shape index (κ1) is 27.8. The maximum atomic E-state index is 13.3. The van der Waals surface area contributed by atoms with Crippen LogP contribution in [-0.4, -0.2) is 43.1 Å². The number of halogens is 1. The van der Waals surface area contributed by atoms with Crippen LogP contribution in [0.25, 0.3) is 0 Å². The molecule has 1 aliphatic heterocycles. The van der Waals surface area contributed by atoms with Crippen LogP contribution in [0, 0.1) is 23.2 Å². The van der Waals surface area contributed by atoms with Gasteiger partial charge < -0.3 is 20.7 Å². The lowest BCUT2D eigenvalue weighted by Crippen LogP contribution is -2.53. The van der Waals surface area contributed by atoms with Crippen molar-refractivity contribution in [3.8, 4) is 6.07 Å². The van der Waals surface area contributed by atoms with Crippen molar-refractivity contribution in [2.75, 3.05) is 13.2 Å². The Balaban J connectivity index is 1.65. The highest BCUT2D eigenvalue weighted by Crippen LogP contribution is 2.28. The molecule has 3 amide bonds. The van der Waals surface area contributed by atoms with Gasteiger partial charge in [-0.05, 0) is 49.3 Å². The summed E-state index contributed by atoms with van der Waals surface area (Å²) in [5.41, 5.74) is 0.462. The molecule has 3 N–H and O–H groups in total. The van der Waals surface area contributed by atoms with E-state index in [2.05, 4.69) is 22.0 Å². The summed E-state index contributed by atoms with van der Waals surface area (Å²) >= 11 is 6.12. The van der Waals surface area contributed by atoms with Crippen molar-refractivity contribution in [1.82, 2.24) is 16.0 Å². The number of carbonyl (C=O) groups is 3. The number of rotatable bonds is 9. The molecule has 2 fully saturated rings. The van der Waals surface area contributed by atoms with E-state index in [9.17, 15) is 19.6 Å². The molecule has 1 unspecified atom stereocenters. The van der Waals surface area contributed by atoms with E-state index in [1.807, 2.05) is 32.0 Å². The number of nitrogens with one attached hydrogen (secondary N) is 3. The predicted octanol–water partition coefficient (Wildman–Crippen LogP) is 4.22. The lowest BCUT2D eigenvalue weighted by Gasteiger charge is -2.29. The summed E-state index contributed by atoms with van der Waals surface area (Å²) in [7, 11) is 0. The van der Waals surface area contributed by atoms with Crippen molar-refractivity contribution in [1.29, 1.82) is 5.26 Å². The summed E-state index contributed by atoms with van der Waals surface area (Å²) < 4.78 is 5.57. The molecule has 1 heterocycles. The van der Waals surface area contributed by atoms with Gasteiger partial charge in [-0.15, -0.1) is 0 Å². The first-order valence-corrected chi connectivity index (χ1v) is 13.2. The van der Waals surface area contributed by atoms with Crippen LogP contribution < -0.4 is 16.0 Å². The Bertz CT molecular complexity index is 969. The van der Waals surface area contributed by atoms with Crippen molar-refractivity contribution in [2.24, 2.45) is 11.8 Å². The van der Waals surface area contributed by atoms with Crippen LogP contribution in [0.4, 0.5) is 4.79 Å². The van der Waals surface area contributed by atoms with Gasteiger partial charge in [-0.3, -0.25) is 9.59 Å². The first-order valence-electron chi connectivity index (χ1n) is 12.9. The number of carbonyl (C=O) groups excluding carboxylic acids is 3. The zero-order valence-electron chi connectivity index (χ0n) is 21.1. The third kappa shape index (κ3) is 7.86. The number of benzene rings is 1. The topological polar surface area (TPSA) is 120 Å². The molecule has 1 aromatic rings. The first-order chi connectivity index (χ1) is 17.2. The van der Waals surface area contributed by atoms with Gasteiger partial charge in [-0.1, -0.05) is 63.3 Å². The van der Waals surface area contributed by atoms with Gasteiger partial charge in [0.1, 0.15) is 18.7 Å². The molecular formula is C27H37ClN4O4. The molecular weight excluding hydrogens is 480 g/mol. The van der Waals surface area contributed by atoms with E-state index in [0.717, 1.165) is 44.1 Å². The van der Waals surface area contributed by atoms with Crippen molar-refractivity contribution in [2.45, 2.75) is 82.7 Å². The van der Waals surface area contributed by atoms with Gasteiger partial charge in [0.2, 0.25) is 11.8 Å². The van der Waals surface area contributed by atoms with E-state index in [1.165, 1.54) is 0 Å². The number of hydrogen-bond acceptors (Lipinski definition) is 5. The van der Waals surface area contributed by atoms with Gasteiger partial charge in [0.05, 0.1) is 6.07 Å². The number of hydrogen-bond donors (Lipinski definition) is 3. The summed E-state index contributed by atoms with van der Waals surface area (Å²) in [5, 5.41) is 18.6. The Morgan fingerprint density at radius 2 is 1.92 bits per heavy atom. The molecule has 9 heteroatoms. The van der Waals surface area contributed by atoms with Crippen molar-refractivity contribution in [3.05, 3.63) is 34.9 Å². The number of alkyl carbamates (subject to hydrolysis) is 1. The molecule has 0 radical (unpaired) electrons. The van der Waals surface area contributed by atoms with Gasteiger partial charge in [0.25, 0.3) is 0 Å². The van der Waals surface area contributed by atoms with E-state index in [-0.39, 0.29) is 30.8 Å². The molecule has 3 rings (SSSR count). The van der Waals surface area contributed by atoms with Crippen LogP contribution >= 0.6 is 11.6 Å². The molecule has 0 spiro atoms. The molecule has 36 heavy (non-hydrogen) atoms. The minimum absolute atomic E-state index is 0.0462. The maximum Gasteiger partial charge on any atom is 0.407 e. The highest BCUT2D eigenvalue weighted by Gasteiger charge is 2.34. The monoisotopic (exact) mass is 516 g/mol. The van der Waals surface area contributed by atoms with Gasteiger partial charge in [-0.25, -0.2) is 4.79 Å². The third-order valence-electron chi connectivity index (χ3n) is 7.25. The summed E-state index contributed by atoms with van der Waals surface area (Å²) in [6.07, 6.45) is 6.02. The van der Waals surface area contributed by atoms with Crippen molar-refractivity contribution in [3.63, 3.8) is 0 Å². The Labute approximate surface area is 218 Å². The largest absolute Gasteiger partial charge is 0.449 e. The number of ether oxygens (including phenoxy) is 1. The standard InChI is InChI=1S/C27H37ClN4O4/c1-27(2,20-10-7-11-21(28)15-20)17-36-26(35)32-23(18-8-5-3-4-6-9-18)25(34)31-22(16-29)14-19-12-13-30-24(19)33/h7,10-11,15,18-19,22-23H,3-6,8-9,12-14,17H2,1-2H3,(H,30,33)(H,31,34)(H,32,35)/t19?,22-,23-/m0/s1. The molecule has 0 aromatic heterocycles. The zero-order chi connectivity index (χ0) is 26.1. The third-order valence-corrected chi connectivity index (χ3v) is 7.49. The molecule has 1 aliphatic carbocycles. The van der Waals surface area contributed by atoms with Crippen LogP contribution in [0.2, 0.25) is 5.02 Å². The fraction of sp³-hybridized carbons (Fsp3) is 0.630. The lowest BCUT2D eigenvalue weighted by molar-refractivity contribution is -0.126. The molecule has 1 saturated heterocycles. The highest BCUT2D eigenvalue weighted by molar-refractivity contribution is 6.30. The summed E-state index contributed by atoms with van der Waals surface area (Å²) in [4.78, 5) is 38.1. The highest BCUT2D eigenvalue weighted by atomic mass is 35.5. The number of nitrogens with zero attached hydrogens (tertiary/aromatic N) is 1. The normalized spacial score (nSPS) is 20.4. The van der Waals surface area contributed by atoms with Gasteiger partial charge >= 0.3 is 6.09 Å². The smallest absolute Gasteiger partial charge is 0.407 e. The Kier molecular flexibility index (Phi) is 10.0. The van der Waals surface area contributed by atoms with E-state index in [0.29, 0.717) is 18.0 Å². The Hall–Kier alpha value is -2.79. The Morgan fingerprint density at radius 1 is 1.19 bits per heavy atom. The van der Waals surface area contributed by atoms with Gasteiger partial charge in [0, 0.05) is 22.9 Å². The second-order valence-corrected chi connectivity index (χ2v) is 11.0. The van der Waals surface area contributed by atoms with Crippen LogP contribution in [0.5, 0.6) is 0 Å². The van der Waals surface area contributed by atoms with E-state index >= 15 is 0 Å². The molecule has 2 aliphatic rings. The van der Waals surface area contributed by atoms with Crippen molar-refractivity contribution >= 4 is 29.5 Å². The molecule has 8 nitrogen and oxygen atoms in total. The minimum atomic E-state index is -0.807. The summed E-state index contributed by atoms with van der Waals surface area (Å²) in [6, 6.07) is 7.91. The quantitative estimate of drug-likeness (QED) is 0.424. The fourth-order valence-electron chi connectivity index (χ4n) is 5.01. The average molecular weight is 517 g/mol.